The standard InChI is InChI=1S/C20H16BrN5O2S/c21-13-5-7-14(8-6-13)24-18(27)9-17-19(28)25-20(29-17)26-23-11-12-10-22-16-4-2-1-3-15(12)16/h1-8,10-11,17,22H,9H2,(H,24,27)(H,25,26,28)/b23-11+/t17-/m1/s1. The number of halogens is 1. The van der Waals surface area contributed by atoms with Crippen molar-refractivity contribution in [1.29, 1.82) is 0 Å². The monoisotopic (exact) mass is 469 g/mol. The average molecular weight is 470 g/mol. The van der Waals surface area contributed by atoms with Gasteiger partial charge in [0.15, 0.2) is 5.17 Å². The van der Waals surface area contributed by atoms with Gasteiger partial charge in [0.2, 0.25) is 11.8 Å². The minimum Gasteiger partial charge on any atom is -0.361 e. The smallest absolute Gasteiger partial charge is 0.240 e. The van der Waals surface area contributed by atoms with Gasteiger partial charge in [0, 0.05) is 39.2 Å². The lowest BCUT2D eigenvalue weighted by Gasteiger charge is -2.07. The molecule has 2 amide bonds. The number of amides is 2. The summed E-state index contributed by atoms with van der Waals surface area (Å²) in [5.74, 6) is -0.481. The van der Waals surface area contributed by atoms with E-state index < -0.39 is 5.25 Å². The molecule has 3 N–H and O–H groups in total. The van der Waals surface area contributed by atoms with Crippen LogP contribution in [-0.2, 0) is 9.59 Å². The highest BCUT2D eigenvalue weighted by Gasteiger charge is 2.32. The highest BCUT2D eigenvalue weighted by Crippen LogP contribution is 2.23. The van der Waals surface area contributed by atoms with Gasteiger partial charge in [-0.15, -0.1) is 5.10 Å². The van der Waals surface area contributed by atoms with E-state index in [0.29, 0.717) is 10.9 Å². The largest absolute Gasteiger partial charge is 0.361 e. The molecule has 7 nitrogen and oxygen atoms in total. The van der Waals surface area contributed by atoms with E-state index in [1.165, 1.54) is 11.8 Å². The van der Waals surface area contributed by atoms with Crippen LogP contribution in [0, 0.1) is 0 Å². The van der Waals surface area contributed by atoms with Gasteiger partial charge in [-0.25, -0.2) is 0 Å². The molecule has 2 heterocycles. The summed E-state index contributed by atoms with van der Waals surface area (Å²) in [6.45, 7) is 0. The predicted octanol–water partition coefficient (Wildman–Crippen LogP) is 3.88. The van der Waals surface area contributed by atoms with E-state index >= 15 is 0 Å². The quantitative estimate of drug-likeness (QED) is 0.390. The molecule has 0 spiro atoms. The van der Waals surface area contributed by atoms with Crippen LogP contribution in [0.5, 0.6) is 0 Å². The van der Waals surface area contributed by atoms with Gasteiger partial charge in [0.1, 0.15) is 5.25 Å². The lowest BCUT2D eigenvalue weighted by Crippen LogP contribution is -2.28. The van der Waals surface area contributed by atoms with Crippen LogP contribution in [-0.4, -0.2) is 33.4 Å². The Morgan fingerprint density at radius 1 is 1.21 bits per heavy atom. The summed E-state index contributed by atoms with van der Waals surface area (Å²) >= 11 is 4.55. The number of rotatable bonds is 5. The van der Waals surface area contributed by atoms with Crippen LogP contribution in [0.2, 0.25) is 0 Å². The number of anilines is 1. The molecular weight excluding hydrogens is 454 g/mol. The first-order chi connectivity index (χ1) is 14.1. The van der Waals surface area contributed by atoms with E-state index in [-0.39, 0.29) is 18.2 Å². The first kappa shape index (κ1) is 19.4. The molecule has 1 aliphatic heterocycles. The molecule has 2 aromatic carbocycles. The summed E-state index contributed by atoms with van der Waals surface area (Å²) in [6.07, 6.45) is 3.54. The minimum atomic E-state index is -0.535. The molecule has 1 fully saturated rings. The van der Waals surface area contributed by atoms with Crippen molar-refractivity contribution < 1.29 is 9.59 Å². The zero-order chi connectivity index (χ0) is 20.2. The number of nitrogens with one attached hydrogen (secondary N) is 3. The first-order valence-electron chi connectivity index (χ1n) is 8.78. The fourth-order valence-electron chi connectivity index (χ4n) is 2.84. The van der Waals surface area contributed by atoms with Crippen LogP contribution in [0.3, 0.4) is 0 Å². The fraction of sp³-hybridized carbons (Fsp3) is 0.100. The van der Waals surface area contributed by atoms with Gasteiger partial charge < -0.3 is 15.6 Å². The van der Waals surface area contributed by atoms with Crippen molar-refractivity contribution in [1.82, 2.24) is 10.3 Å². The Morgan fingerprint density at radius 3 is 2.83 bits per heavy atom. The fourth-order valence-corrected chi connectivity index (χ4v) is 4.03. The molecule has 1 saturated heterocycles. The molecule has 0 saturated carbocycles. The van der Waals surface area contributed by atoms with Crippen LogP contribution in [0.15, 0.2) is 69.4 Å². The number of carbonyl (C=O) groups is 2. The van der Waals surface area contributed by atoms with E-state index in [1.54, 1.807) is 18.3 Å². The number of hydrogen-bond donors (Lipinski definition) is 3. The summed E-state index contributed by atoms with van der Waals surface area (Å²) in [5.41, 5.74) is 2.60. The Kier molecular flexibility index (Phi) is 5.77. The molecular formula is C20H16BrN5O2S. The molecule has 0 bridgehead atoms. The van der Waals surface area contributed by atoms with E-state index in [0.717, 1.165) is 20.9 Å². The number of aromatic nitrogens is 1. The number of H-pyrrole nitrogens is 1. The lowest BCUT2D eigenvalue weighted by atomic mass is 10.2. The van der Waals surface area contributed by atoms with Gasteiger partial charge in [-0.2, -0.15) is 5.10 Å². The predicted molar refractivity (Wildman–Crippen MR) is 120 cm³/mol. The van der Waals surface area contributed by atoms with Gasteiger partial charge in [-0.1, -0.05) is 45.9 Å². The van der Waals surface area contributed by atoms with Crippen LogP contribution in [0.1, 0.15) is 12.0 Å². The van der Waals surface area contributed by atoms with Crippen molar-refractivity contribution in [3.63, 3.8) is 0 Å². The highest BCUT2D eigenvalue weighted by atomic mass is 79.9. The van der Waals surface area contributed by atoms with Crippen LogP contribution >= 0.6 is 27.7 Å². The SMILES string of the molecule is O=C(C[C@H]1S/C(=N/N=C/c2c[nH]c3ccccc23)NC1=O)Nc1ccc(Br)cc1. The van der Waals surface area contributed by atoms with Crippen molar-refractivity contribution in [3.8, 4) is 0 Å². The molecule has 3 aromatic rings. The number of nitrogens with zero attached hydrogens (tertiary/aromatic N) is 2. The van der Waals surface area contributed by atoms with Gasteiger partial charge in [-0.3, -0.25) is 9.59 Å². The van der Waals surface area contributed by atoms with Gasteiger partial charge in [0.05, 0.1) is 6.21 Å². The topological polar surface area (TPSA) is 98.7 Å². The third-order valence-corrected chi connectivity index (χ3v) is 5.84. The summed E-state index contributed by atoms with van der Waals surface area (Å²) in [7, 11) is 0. The number of aromatic amines is 1. The number of para-hydroxylation sites is 1. The molecule has 4 rings (SSSR count). The van der Waals surface area contributed by atoms with E-state index in [9.17, 15) is 9.59 Å². The summed E-state index contributed by atoms with van der Waals surface area (Å²) in [6, 6.07) is 15.1. The van der Waals surface area contributed by atoms with Crippen molar-refractivity contribution in [2.45, 2.75) is 11.7 Å². The Morgan fingerprint density at radius 2 is 2.00 bits per heavy atom. The number of hydrogen-bond acceptors (Lipinski definition) is 5. The van der Waals surface area contributed by atoms with E-state index in [1.807, 2.05) is 42.6 Å². The average Bonchev–Trinajstić information content (AvgIpc) is 3.27. The Labute approximate surface area is 179 Å². The minimum absolute atomic E-state index is 0.0533. The normalized spacial score (nSPS) is 17.9. The van der Waals surface area contributed by atoms with Crippen LogP contribution < -0.4 is 10.6 Å². The van der Waals surface area contributed by atoms with Crippen molar-refractivity contribution in [2.75, 3.05) is 5.32 Å². The second kappa shape index (κ2) is 8.62. The molecule has 0 unspecified atom stereocenters. The zero-order valence-electron chi connectivity index (χ0n) is 15.1. The van der Waals surface area contributed by atoms with Crippen LogP contribution in [0.4, 0.5) is 5.69 Å². The number of thioether (sulfide) groups is 1. The lowest BCUT2D eigenvalue weighted by molar-refractivity contribution is -0.122. The number of carbonyl (C=O) groups excluding carboxylic acids is 2. The maximum atomic E-state index is 12.2. The second-order valence-electron chi connectivity index (χ2n) is 6.29. The Bertz CT molecular complexity index is 1120. The van der Waals surface area contributed by atoms with Crippen molar-refractivity contribution in [2.24, 2.45) is 10.2 Å². The number of amidine groups is 1. The molecule has 9 heteroatoms. The van der Waals surface area contributed by atoms with Gasteiger partial charge in [-0.05, 0) is 30.3 Å². The molecule has 29 heavy (non-hydrogen) atoms. The zero-order valence-corrected chi connectivity index (χ0v) is 17.5. The van der Waals surface area contributed by atoms with Gasteiger partial charge >= 0.3 is 0 Å². The molecule has 1 aromatic heterocycles. The van der Waals surface area contributed by atoms with E-state index in [4.69, 9.17) is 0 Å². The van der Waals surface area contributed by atoms with Crippen LogP contribution in [0.25, 0.3) is 10.9 Å². The third-order valence-electron chi connectivity index (χ3n) is 4.24. The third kappa shape index (κ3) is 4.75. The second-order valence-corrected chi connectivity index (χ2v) is 8.40. The Balaban J connectivity index is 1.35. The summed E-state index contributed by atoms with van der Waals surface area (Å²) in [4.78, 5) is 27.5. The molecule has 146 valence electrons. The van der Waals surface area contributed by atoms with E-state index in [2.05, 4.69) is 41.8 Å². The summed E-state index contributed by atoms with van der Waals surface area (Å²) in [5, 5.41) is 14.5. The molecule has 1 atom stereocenters. The molecule has 1 aliphatic rings. The highest BCUT2D eigenvalue weighted by molar-refractivity contribution is 9.10. The molecule has 0 radical (unpaired) electrons. The van der Waals surface area contributed by atoms with Gasteiger partial charge in [0.25, 0.3) is 0 Å². The number of fused-ring (bicyclic) bond motifs is 1. The molecule has 0 aliphatic carbocycles. The van der Waals surface area contributed by atoms with Crippen molar-refractivity contribution in [3.05, 3.63) is 64.8 Å². The Hall–Kier alpha value is -2.91. The number of benzene rings is 2. The maximum Gasteiger partial charge on any atom is 0.240 e. The maximum absolute atomic E-state index is 12.2. The van der Waals surface area contributed by atoms with Crippen molar-refractivity contribution >= 4 is 67.5 Å². The first-order valence-corrected chi connectivity index (χ1v) is 10.5. The summed E-state index contributed by atoms with van der Waals surface area (Å²) < 4.78 is 0.926.